The summed E-state index contributed by atoms with van der Waals surface area (Å²) in [4.78, 5) is 18.5. The van der Waals surface area contributed by atoms with E-state index in [1.807, 2.05) is 0 Å². The Labute approximate surface area is 87.8 Å². The van der Waals surface area contributed by atoms with Crippen LogP contribution in [-0.2, 0) is 4.79 Å². The molecule has 1 saturated carbocycles. The zero-order valence-corrected chi connectivity index (χ0v) is 8.44. The number of hydrogen-bond donors (Lipinski definition) is 4. The zero-order chi connectivity index (χ0) is 11.3. The molecular weight excluding hydrogens is 196 g/mol. The molecular formula is C8H16N6O. The molecule has 1 rings (SSSR count). The van der Waals surface area contributed by atoms with E-state index in [1.54, 1.807) is 0 Å². The van der Waals surface area contributed by atoms with Gasteiger partial charge < -0.3 is 22.5 Å². The molecule has 0 bridgehead atoms. The molecule has 7 N–H and O–H groups in total. The van der Waals surface area contributed by atoms with Crippen molar-refractivity contribution in [3.05, 3.63) is 0 Å². The number of nitrogens with two attached hydrogens (primary N) is 3. The largest absolute Gasteiger partial charge is 0.370 e. The molecule has 15 heavy (non-hydrogen) atoms. The Balaban J connectivity index is 2.14. The van der Waals surface area contributed by atoms with E-state index < -0.39 is 0 Å². The smallest absolute Gasteiger partial charge is 0.223 e. The molecule has 0 heterocycles. The van der Waals surface area contributed by atoms with Gasteiger partial charge in [-0.05, 0) is 12.8 Å². The summed E-state index contributed by atoms with van der Waals surface area (Å²) in [6, 6.07) is 0. The number of aliphatic imine (C=N–C) groups is 2. The van der Waals surface area contributed by atoms with Gasteiger partial charge in [-0.2, -0.15) is 4.99 Å². The van der Waals surface area contributed by atoms with Crippen LogP contribution >= 0.6 is 0 Å². The summed E-state index contributed by atoms with van der Waals surface area (Å²) in [5, 5.41) is 2.74. The highest BCUT2D eigenvalue weighted by Gasteiger charge is 2.28. The second-order valence-corrected chi connectivity index (χ2v) is 3.34. The van der Waals surface area contributed by atoms with Gasteiger partial charge in [0.15, 0.2) is 5.96 Å². The van der Waals surface area contributed by atoms with Crippen LogP contribution < -0.4 is 22.5 Å². The third kappa shape index (κ3) is 4.84. The van der Waals surface area contributed by atoms with Crippen molar-refractivity contribution in [2.75, 3.05) is 13.1 Å². The van der Waals surface area contributed by atoms with Crippen LogP contribution in [0.4, 0.5) is 0 Å². The summed E-state index contributed by atoms with van der Waals surface area (Å²) in [7, 11) is 0. The third-order valence-corrected chi connectivity index (χ3v) is 1.88. The topological polar surface area (TPSA) is 132 Å². The minimum atomic E-state index is -0.127. The number of amides is 1. The van der Waals surface area contributed by atoms with E-state index in [4.69, 9.17) is 17.2 Å². The van der Waals surface area contributed by atoms with E-state index in [1.165, 1.54) is 0 Å². The van der Waals surface area contributed by atoms with Crippen molar-refractivity contribution in [1.29, 1.82) is 0 Å². The van der Waals surface area contributed by atoms with Crippen molar-refractivity contribution in [3.63, 3.8) is 0 Å². The predicted molar refractivity (Wildman–Crippen MR) is 58.0 cm³/mol. The Kier molecular flexibility index (Phi) is 3.90. The number of guanidine groups is 2. The van der Waals surface area contributed by atoms with Gasteiger partial charge in [-0.3, -0.25) is 4.79 Å². The number of rotatable bonds is 4. The lowest BCUT2D eigenvalue weighted by Gasteiger charge is -2.00. The van der Waals surface area contributed by atoms with Crippen molar-refractivity contribution in [1.82, 2.24) is 5.32 Å². The highest BCUT2D eigenvalue weighted by Crippen LogP contribution is 2.28. The number of carbonyl (C=O) groups is 1. The molecule has 0 aromatic carbocycles. The van der Waals surface area contributed by atoms with Gasteiger partial charge in [0.1, 0.15) is 0 Å². The second-order valence-electron chi connectivity index (χ2n) is 3.34. The maximum Gasteiger partial charge on any atom is 0.223 e. The van der Waals surface area contributed by atoms with E-state index in [0.29, 0.717) is 13.1 Å². The summed E-state index contributed by atoms with van der Waals surface area (Å²) < 4.78 is 0. The minimum Gasteiger partial charge on any atom is -0.370 e. The zero-order valence-electron chi connectivity index (χ0n) is 8.44. The third-order valence-electron chi connectivity index (χ3n) is 1.88. The van der Waals surface area contributed by atoms with Crippen LogP contribution in [0.5, 0.6) is 0 Å². The monoisotopic (exact) mass is 212 g/mol. The fraction of sp³-hybridized carbons (Fsp3) is 0.625. The van der Waals surface area contributed by atoms with E-state index in [-0.39, 0.29) is 23.7 Å². The van der Waals surface area contributed by atoms with Crippen molar-refractivity contribution < 1.29 is 4.79 Å². The molecule has 0 radical (unpaired) electrons. The average molecular weight is 212 g/mol. The Morgan fingerprint density at radius 3 is 2.53 bits per heavy atom. The highest BCUT2D eigenvalue weighted by atomic mass is 16.2. The number of carbonyl (C=O) groups excluding carboxylic acids is 1. The highest BCUT2D eigenvalue weighted by molar-refractivity contribution is 5.92. The number of nitrogens with one attached hydrogen (secondary N) is 1. The summed E-state index contributed by atoms with van der Waals surface area (Å²) in [5.74, 6) is 0.198. The quantitative estimate of drug-likeness (QED) is 0.246. The fourth-order valence-corrected chi connectivity index (χ4v) is 1.01. The molecule has 1 aliphatic rings. The van der Waals surface area contributed by atoms with E-state index in [0.717, 1.165) is 12.8 Å². The lowest BCUT2D eigenvalue weighted by Crippen LogP contribution is -2.29. The standard InChI is InChI=1S/C8H16N6O/c9-7(10)14-8(11)13-4-3-12-6(15)5-1-2-5/h5H,1-4H2,(H,12,15)(H6,9,10,11,13,14). The first-order valence-corrected chi connectivity index (χ1v) is 4.77. The molecule has 1 aliphatic carbocycles. The molecule has 0 saturated heterocycles. The van der Waals surface area contributed by atoms with Gasteiger partial charge in [0.2, 0.25) is 11.9 Å². The average Bonchev–Trinajstić information content (AvgIpc) is 2.93. The Morgan fingerprint density at radius 2 is 2.00 bits per heavy atom. The molecule has 0 unspecified atom stereocenters. The molecule has 7 heteroatoms. The summed E-state index contributed by atoms with van der Waals surface area (Å²) >= 11 is 0. The molecule has 1 fully saturated rings. The Bertz CT molecular complexity index is 290. The Morgan fingerprint density at radius 1 is 1.33 bits per heavy atom. The van der Waals surface area contributed by atoms with E-state index >= 15 is 0 Å². The molecule has 0 atom stereocenters. The molecule has 84 valence electrons. The van der Waals surface area contributed by atoms with E-state index in [2.05, 4.69) is 15.3 Å². The lowest BCUT2D eigenvalue weighted by atomic mass is 10.4. The van der Waals surface area contributed by atoms with Crippen LogP contribution in [0.25, 0.3) is 0 Å². The first kappa shape index (κ1) is 11.3. The van der Waals surface area contributed by atoms with Gasteiger partial charge in [0.25, 0.3) is 0 Å². The van der Waals surface area contributed by atoms with Crippen LogP contribution in [0.2, 0.25) is 0 Å². The van der Waals surface area contributed by atoms with Crippen molar-refractivity contribution in [2.45, 2.75) is 12.8 Å². The maximum atomic E-state index is 11.2. The predicted octanol–water partition coefficient (Wildman–Crippen LogP) is -1.90. The molecule has 0 aromatic rings. The van der Waals surface area contributed by atoms with Crippen molar-refractivity contribution >= 4 is 17.8 Å². The van der Waals surface area contributed by atoms with Gasteiger partial charge in [-0.15, -0.1) is 0 Å². The lowest BCUT2D eigenvalue weighted by molar-refractivity contribution is -0.122. The van der Waals surface area contributed by atoms with Crippen LogP contribution in [0.3, 0.4) is 0 Å². The van der Waals surface area contributed by atoms with Gasteiger partial charge in [0, 0.05) is 12.5 Å². The summed E-state index contributed by atoms with van der Waals surface area (Å²) in [6.07, 6.45) is 1.98. The molecule has 1 amide bonds. The van der Waals surface area contributed by atoms with Gasteiger partial charge in [0.05, 0.1) is 6.54 Å². The molecule has 7 nitrogen and oxygen atoms in total. The SMILES string of the molecule is NC(N)=NC(N)=NCCNC(=O)C1CC1. The van der Waals surface area contributed by atoms with Crippen LogP contribution in [0.15, 0.2) is 9.98 Å². The second kappa shape index (κ2) is 5.18. The normalized spacial score (nSPS) is 15.9. The summed E-state index contributed by atoms with van der Waals surface area (Å²) in [5.41, 5.74) is 15.5. The van der Waals surface area contributed by atoms with Gasteiger partial charge in [-0.25, -0.2) is 4.99 Å². The molecule has 0 spiro atoms. The van der Waals surface area contributed by atoms with Gasteiger partial charge >= 0.3 is 0 Å². The number of hydrogen-bond acceptors (Lipinski definition) is 2. The maximum absolute atomic E-state index is 11.2. The minimum absolute atomic E-state index is 0.0238. The number of nitrogens with zero attached hydrogens (tertiary/aromatic N) is 2. The van der Waals surface area contributed by atoms with Crippen LogP contribution in [0.1, 0.15) is 12.8 Å². The van der Waals surface area contributed by atoms with Crippen LogP contribution in [-0.4, -0.2) is 30.9 Å². The van der Waals surface area contributed by atoms with Crippen LogP contribution in [0, 0.1) is 5.92 Å². The molecule has 0 aromatic heterocycles. The van der Waals surface area contributed by atoms with Crippen molar-refractivity contribution in [3.8, 4) is 0 Å². The van der Waals surface area contributed by atoms with Crippen molar-refractivity contribution in [2.24, 2.45) is 33.1 Å². The van der Waals surface area contributed by atoms with E-state index in [9.17, 15) is 4.79 Å². The summed E-state index contributed by atoms with van der Waals surface area (Å²) in [6.45, 7) is 0.830. The Hall–Kier alpha value is -1.79. The van der Waals surface area contributed by atoms with Gasteiger partial charge in [-0.1, -0.05) is 0 Å². The first-order chi connectivity index (χ1) is 7.09. The molecule has 0 aliphatic heterocycles. The first-order valence-electron chi connectivity index (χ1n) is 4.77. The fourth-order valence-electron chi connectivity index (χ4n) is 1.01.